The lowest BCUT2D eigenvalue weighted by Crippen LogP contribution is -2.90. The largest absolute Gasteiger partial charge is 0.392 e. The molecule has 3 N–H and O–H groups in total. The molecular weight excluding hydrogens is 270 g/mol. The molecule has 0 aromatic heterocycles. The highest BCUT2D eigenvalue weighted by atomic mass is 16.3. The van der Waals surface area contributed by atoms with Gasteiger partial charge in [-0.25, -0.2) is 0 Å². The molecular formula is C20H26NO+. The number of aliphatic hydroxyl groups is 1. The lowest BCUT2D eigenvalue weighted by atomic mass is 9.78. The smallest absolute Gasteiger partial charge is 0.117 e. The zero-order valence-corrected chi connectivity index (χ0v) is 13.2. The minimum Gasteiger partial charge on any atom is -0.392 e. The van der Waals surface area contributed by atoms with Gasteiger partial charge < -0.3 is 10.4 Å². The minimum atomic E-state index is -0.222. The molecule has 0 saturated carbocycles. The predicted octanol–water partition coefficient (Wildman–Crippen LogP) is 3.21. The Balaban J connectivity index is 1.88. The molecule has 1 heterocycles. The summed E-state index contributed by atoms with van der Waals surface area (Å²) in [6.45, 7) is 2.21. The fourth-order valence-corrected chi connectivity index (χ4v) is 3.83. The minimum absolute atomic E-state index is 0.222. The molecule has 4 atom stereocenters. The second-order valence-electron chi connectivity index (χ2n) is 6.40. The number of nitrogens with two attached hydrogens (primary N) is 1. The molecule has 2 nitrogen and oxygen atoms in total. The van der Waals surface area contributed by atoms with Crippen molar-refractivity contribution in [3.8, 4) is 0 Å². The van der Waals surface area contributed by atoms with Gasteiger partial charge in [-0.05, 0) is 6.42 Å². The fourth-order valence-electron chi connectivity index (χ4n) is 3.83. The molecule has 0 aliphatic carbocycles. The van der Waals surface area contributed by atoms with Crippen LogP contribution in [0.25, 0.3) is 0 Å². The van der Waals surface area contributed by atoms with E-state index in [1.807, 2.05) is 0 Å². The van der Waals surface area contributed by atoms with Crippen LogP contribution in [0.3, 0.4) is 0 Å². The molecule has 2 heteroatoms. The molecule has 3 rings (SSSR count). The second-order valence-corrected chi connectivity index (χ2v) is 6.40. The lowest BCUT2D eigenvalue weighted by Gasteiger charge is -2.38. The summed E-state index contributed by atoms with van der Waals surface area (Å²) < 4.78 is 0. The van der Waals surface area contributed by atoms with Crippen molar-refractivity contribution in [2.75, 3.05) is 0 Å². The van der Waals surface area contributed by atoms with Crippen molar-refractivity contribution in [1.82, 2.24) is 0 Å². The van der Waals surface area contributed by atoms with Crippen molar-refractivity contribution >= 4 is 0 Å². The Bertz CT molecular complexity index is 569. The molecule has 1 aliphatic rings. The second kappa shape index (κ2) is 7.08. The van der Waals surface area contributed by atoms with Gasteiger partial charge in [-0.2, -0.15) is 0 Å². The van der Waals surface area contributed by atoms with Crippen LogP contribution in [0.4, 0.5) is 0 Å². The summed E-state index contributed by atoms with van der Waals surface area (Å²) in [5.74, 6) is 0.340. The van der Waals surface area contributed by atoms with E-state index in [2.05, 4.69) is 72.9 Å². The van der Waals surface area contributed by atoms with Crippen LogP contribution in [0, 0.1) is 5.92 Å². The number of hydrogen-bond acceptors (Lipinski definition) is 1. The third kappa shape index (κ3) is 3.23. The van der Waals surface area contributed by atoms with E-state index in [-0.39, 0.29) is 6.10 Å². The van der Waals surface area contributed by atoms with E-state index in [1.54, 1.807) is 0 Å². The van der Waals surface area contributed by atoms with Crippen LogP contribution in [0.2, 0.25) is 0 Å². The average molecular weight is 296 g/mol. The van der Waals surface area contributed by atoms with E-state index in [4.69, 9.17) is 0 Å². The molecule has 0 unspecified atom stereocenters. The molecule has 1 saturated heterocycles. The fraction of sp³-hybridized carbons (Fsp3) is 0.400. The Morgan fingerprint density at radius 3 is 2.14 bits per heavy atom. The molecule has 1 aliphatic heterocycles. The highest BCUT2D eigenvalue weighted by Crippen LogP contribution is 2.34. The van der Waals surface area contributed by atoms with Gasteiger partial charge in [-0.1, -0.05) is 74.0 Å². The standard InChI is InChI=1S/C20H25NO/c1-2-9-17-19(22)14-18(15-10-5-3-6-11-15)21-20(17)16-12-7-4-8-13-16/h3-8,10-13,17-22H,2,9,14H2,1H3/p+1/t17-,18-,19-,20-/m1/s1. The van der Waals surface area contributed by atoms with E-state index in [0.29, 0.717) is 18.0 Å². The molecule has 0 bridgehead atoms. The Hall–Kier alpha value is -1.64. The summed E-state index contributed by atoms with van der Waals surface area (Å²) in [5.41, 5.74) is 2.65. The maximum atomic E-state index is 10.7. The summed E-state index contributed by atoms with van der Waals surface area (Å²) in [6.07, 6.45) is 2.83. The zero-order chi connectivity index (χ0) is 15.4. The van der Waals surface area contributed by atoms with Crippen LogP contribution < -0.4 is 5.32 Å². The first-order valence-electron chi connectivity index (χ1n) is 8.42. The number of rotatable bonds is 4. The van der Waals surface area contributed by atoms with E-state index in [9.17, 15) is 5.11 Å². The van der Waals surface area contributed by atoms with Gasteiger partial charge in [-0.3, -0.25) is 0 Å². The quantitative estimate of drug-likeness (QED) is 0.893. The molecule has 0 amide bonds. The number of benzene rings is 2. The monoisotopic (exact) mass is 296 g/mol. The van der Waals surface area contributed by atoms with Crippen LogP contribution in [0.5, 0.6) is 0 Å². The van der Waals surface area contributed by atoms with Crippen LogP contribution >= 0.6 is 0 Å². The summed E-state index contributed by atoms with van der Waals surface area (Å²) in [5, 5.41) is 13.2. The number of quaternary nitrogens is 1. The van der Waals surface area contributed by atoms with Crippen LogP contribution in [-0.2, 0) is 0 Å². The molecule has 116 valence electrons. The number of piperidine rings is 1. The number of hydrogen-bond donors (Lipinski definition) is 2. The summed E-state index contributed by atoms with van der Waals surface area (Å²) >= 11 is 0. The average Bonchev–Trinajstić information content (AvgIpc) is 2.58. The first-order valence-corrected chi connectivity index (χ1v) is 8.42. The summed E-state index contributed by atoms with van der Waals surface area (Å²) in [6, 6.07) is 21.9. The van der Waals surface area contributed by atoms with Crippen molar-refractivity contribution in [3.05, 3.63) is 71.8 Å². The Morgan fingerprint density at radius 2 is 1.55 bits per heavy atom. The Morgan fingerprint density at radius 1 is 0.955 bits per heavy atom. The van der Waals surface area contributed by atoms with Gasteiger partial charge in [0.1, 0.15) is 12.1 Å². The maximum Gasteiger partial charge on any atom is 0.117 e. The zero-order valence-electron chi connectivity index (χ0n) is 13.2. The third-order valence-electron chi connectivity index (χ3n) is 4.92. The van der Waals surface area contributed by atoms with Gasteiger partial charge in [0.25, 0.3) is 0 Å². The van der Waals surface area contributed by atoms with Crippen molar-refractivity contribution in [1.29, 1.82) is 0 Å². The molecule has 2 aromatic rings. The topological polar surface area (TPSA) is 36.8 Å². The first-order chi connectivity index (χ1) is 10.8. The Labute approximate surface area is 133 Å². The van der Waals surface area contributed by atoms with Crippen molar-refractivity contribution < 1.29 is 10.4 Å². The molecule has 1 fully saturated rings. The normalized spacial score (nSPS) is 28.5. The number of aliphatic hydroxyl groups excluding tert-OH is 1. The van der Waals surface area contributed by atoms with Gasteiger partial charge in [-0.15, -0.1) is 0 Å². The van der Waals surface area contributed by atoms with Gasteiger partial charge in [0.15, 0.2) is 0 Å². The SMILES string of the molecule is CCC[C@@H]1[C@H](O)C[C@H](c2ccccc2)[NH2+][C@@H]1c1ccccc1. The highest BCUT2D eigenvalue weighted by molar-refractivity contribution is 5.21. The molecule has 22 heavy (non-hydrogen) atoms. The van der Waals surface area contributed by atoms with Gasteiger partial charge >= 0.3 is 0 Å². The maximum absolute atomic E-state index is 10.7. The van der Waals surface area contributed by atoms with E-state index in [1.165, 1.54) is 11.1 Å². The van der Waals surface area contributed by atoms with E-state index >= 15 is 0 Å². The van der Waals surface area contributed by atoms with Crippen molar-refractivity contribution in [2.45, 2.75) is 44.4 Å². The van der Waals surface area contributed by atoms with E-state index < -0.39 is 0 Å². The Kier molecular flexibility index (Phi) is 4.91. The summed E-state index contributed by atoms with van der Waals surface area (Å²) in [4.78, 5) is 0. The highest BCUT2D eigenvalue weighted by Gasteiger charge is 2.40. The first kappa shape index (κ1) is 15.3. The van der Waals surface area contributed by atoms with Crippen LogP contribution in [0.1, 0.15) is 49.4 Å². The van der Waals surface area contributed by atoms with Gasteiger partial charge in [0.05, 0.1) is 6.10 Å². The van der Waals surface area contributed by atoms with Crippen molar-refractivity contribution in [3.63, 3.8) is 0 Å². The van der Waals surface area contributed by atoms with Gasteiger partial charge in [0, 0.05) is 23.5 Å². The summed E-state index contributed by atoms with van der Waals surface area (Å²) in [7, 11) is 0. The van der Waals surface area contributed by atoms with Gasteiger partial charge in [0.2, 0.25) is 0 Å². The van der Waals surface area contributed by atoms with Crippen LogP contribution in [-0.4, -0.2) is 11.2 Å². The molecule has 2 aromatic carbocycles. The predicted molar refractivity (Wildman–Crippen MR) is 89.3 cm³/mol. The third-order valence-corrected chi connectivity index (χ3v) is 4.92. The molecule has 0 radical (unpaired) electrons. The molecule has 0 spiro atoms. The van der Waals surface area contributed by atoms with Crippen molar-refractivity contribution in [2.24, 2.45) is 5.92 Å². The lowest BCUT2D eigenvalue weighted by molar-refractivity contribution is -0.753. The van der Waals surface area contributed by atoms with E-state index in [0.717, 1.165) is 19.3 Å². The van der Waals surface area contributed by atoms with Crippen LogP contribution in [0.15, 0.2) is 60.7 Å².